The van der Waals surface area contributed by atoms with Gasteiger partial charge in [0.05, 0.1) is 5.70 Å². The van der Waals surface area contributed by atoms with Crippen molar-refractivity contribution in [3.8, 4) is 0 Å². The molecule has 0 saturated carbocycles. The van der Waals surface area contributed by atoms with E-state index >= 15 is 0 Å². The van der Waals surface area contributed by atoms with Gasteiger partial charge in [0.1, 0.15) is 6.04 Å². The van der Waals surface area contributed by atoms with E-state index in [4.69, 9.17) is 0 Å². The highest BCUT2D eigenvalue weighted by molar-refractivity contribution is 6.24. The Morgan fingerprint density at radius 2 is 1.65 bits per heavy atom. The molecule has 2 rings (SSSR count). The van der Waals surface area contributed by atoms with Crippen molar-refractivity contribution in [3.63, 3.8) is 0 Å². The Kier molecular flexibility index (Phi) is 6.72. The van der Waals surface area contributed by atoms with Gasteiger partial charge in [0.25, 0.3) is 0 Å². The normalized spacial score (nSPS) is 14.9. The maximum absolute atomic E-state index is 12.7. The molecule has 26 heavy (non-hydrogen) atoms. The quantitative estimate of drug-likeness (QED) is 0.750. The number of fused-ring (bicyclic) bond motifs is 1. The Hall–Kier alpha value is -2.43. The number of allylic oxidation sites excluding steroid dienone is 2. The van der Waals surface area contributed by atoms with Crippen molar-refractivity contribution in [1.29, 1.82) is 0 Å². The molecule has 1 aliphatic rings. The van der Waals surface area contributed by atoms with Gasteiger partial charge in [-0.25, -0.2) is 0 Å². The SMILES string of the molecule is CC(C)CCNC(=O)[C@H](CC(C)C)NC1=CC(=O)c2ccccc2C1=O. The molecule has 0 unspecified atom stereocenters. The van der Waals surface area contributed by atoms with E-state index in [1.54, 1.807) is 24.3 Å². The first kappa shape index (κ1) is 19.9. The van der Waals surface area contributed by atoms with Gasteiger partial charge in [-0.1, -0.05) is 52.0 Å². The van der Waals surface area contributed by atoms with Crippen LogP contribution in [0.3, 0.4) is 0 Å². The van der Waals surface area contributed by atoms with Crippen molar-refractivity contribution < 1.29 is 14.4 Å². The predicted molar refractivity (Wildman–Crippen MR) is 102 cm³/mol. The van der Waals surface area contributed by atoms with Crippen LogP contribution in [0.25, 0.3) is 0 Å². The first-order valence-corrected chi connectivity index (χ1v) is 9.23. The summed E-state index contributed by atoms with van der Waals surface area (Å²) < 4.78 is 0. The molecule has 0 aliphatic heterocycles. The number of ketones is 2. The van der Waals surface area contributed by atoms with Crippen molar-refractivity contribution in [2.24, 2.45) is 11.8 Å². The van der Waals surface area contributed by atoms with Crippen molar-refractivity contribution in [1.82, 2.24) is 10.6 Å². The molecule has 1 atom stereocenters. The first-order valence-electron chi connectivity index (χ1n) is 9.23. The largest absolute Gasteiger partial charge is 0.370 e. The van der Waals surface area contributed by atoms with Gasteiger partial charge < -0.3 is 10.6 Å². The van der Waals surface area contributed by atoms with E-state index in [2.05, 4.69) is 24.5 Å². The summed E-state index contributed by atoms with van der Waals surface area (Å²) in [5.74, 6) is 0.170. The summed E-state index contributed by atoms with van der Waals surface area (Å²) in [6, 6.07) is 6.21. The molecular formula is C21H28N2O3. The predicted octanol–water partition coefficient (Wildman–Crippen LogP) is 3.12. The molecule has 1 aromatic rings. The highest BCUT2D eigenvalue weighted by atomic mass is 16.2. The zero-order chi connectivity index (χ0) is 19.3. The van der Waals surface area contributed by atoms with E-state index in [0.29, 0.717) is 30.0 Å². The third kappa shape index (κ3) is 5.04. The smallest absolute Gasteiger partial charge is 0.242 e. The minimum Gasteiger partial charge on any atom is -0.370 e. The lowest BCUT2D eigenvalue weighted by Crippen LogP contribution is -2.46. The standard InChI is InChI=1S/C21H28N2O3/c1-13(2)9-10-22-21(26)18(11-14(3)4)23-17-12-19(24)15-7-5-6-8-16(15)20(17)25/h5-8,12-14,18,23H,9-11H2,1-4H3,(H,22,26)/t18-/m0/s1. The molecule has 0 heterocycles. The summed E-state index contributed by atoms with van der Waals surface area (Å²) in [6.45, 7) is 8.85. The second kappa shape index (κ2) is 8.79. The third-order valence-corrected chi connectivity index (χ3v) is 4.33. The topological polar surface area (TPSA) is 75.3 Å². The Bertz CT molecular complexity index is 720. The lowest BCUT2D eigenvalue weighted by Gasteiger charge is -2.24. The molecule has 5 nitrogen and oxygen atoms in total. The number of amides is 1. The fourth-order valence-electron chi connectivity index (χ4n) is 2.92. The third-order valence-electron chi connectivity index (χ3n) is 4.33. The Labute approximate surface area is 155 Å². The minimum atomic E-state index is -0.546. The number of carbonyl (C=O) groups excluding carboxylic acids is 3. The molecule has 0 aromatic heterocycles. The van der Waals surface area contributed by atoms with E-state index < -0.39 is 6.04 Å². The average Bonchev–Trinajstić information content (AvgIpc) is 2.58. The Balaban J connectivity index is 2.14. The molecule has 1 amide bonds. The van der Waals surface area contributed by atoms with Gasteiger partial charge in [0.15, 0.2) is 5.78 Å². The average molecular weight is 356 g/mol. The zero-order valence-electron chi connectivity index (χ0n) is 16.0. The van der Waals surface area contributed by atoms with Gasteiger partial charge in [-0.15, -0.1) is 0 Å². The van der Waals surface area contributed by atoms with Crippen LogP contribution in [0.5, 0.6) is 0 Å². The molecule has 1 aliphatic carbocycles. The molecular weight excluding hydrogens is 328 g/mol. The number of rotatable bonds is 8. The summed E-state index contributed by atoms with van der Waals surface area (Å²) in [6.07, 6.45) is 2.78. The summed E-state index contributed by atoms with van der Waals surface area (Å²) in [4.78, 5) is 37.6. The Morgan fingerprint density at radius 1 is 1.00 bits per heavy atom. The van der Waals surface area contributed by atoms with Crippen LogP contribution < -0.4 is 10.6 Å². The Morgan fingerprint density at radius 3 is 2.27 bits per heavy atom. The molecule has 1 aromatic carbocycles. The molecule has 0 bridgehead atoms. The van der Waals surface area contributed by atoms with Gasteiger partial charge >= 0.3 is 0 Å². The summed E-state index contributed by atoms with van der Waals surface area (Å²) in [5, 5.41) is 5.95. The van der Waals surface area contributed by atoms with E-state index in [-0.39, 0.29) is 29.1 Å². The summed E-state index contributed by atoms with van der Waals surface area (Å²) in [5.41, 5.74) is 0.981. The summed E-state index contributed by atoms with van der Waals surface area (Å²) >= 11 is 0. The zero-order valence-corrected chi connectivity index (χ0v) is 16.0. The van der Waals surface area contributed by atoms with Crippen LogP contribution in [0, 0.1) is 11.8 Å². The van der Waals surface area contributed by atoms with Crippen molar-refractivity contribution in [2.45, 2.75) is 46.6 Å². The van der Waals surface area contributed by atoms with Crippen LogP contribution >= 0.6 is 0 Å². The highest BCUT2D eigenvalue weighted by Gasteiger charge is 2.29. The molecule has 0 spiro atoms. The molecule has 0 fully saturated rings. The molecule has 2 N–H and O–H groups in total. The second-order valence-corrected chi connectivity index (χ2v) is 7.60. The minimum absolute atomic E-state index is 0.139. The number of hydrogen-bond acceptors (Lipinski definition) is 4. The highest BCUT2D eigenvalue weighted by Crippen LogP contribution is 2.20. The van der Waals surface area contributed by atoms with Crippen LogP contribution in [-0.4, -0.2) is 30.1 Å². The second-order valence-electron chi connectivity index (χ2n) is 7.60. The van der Waals surface area contributed by atoms with Gasteiger partial charge in [-0.2, -0.15) is 0 Å². The van der Waals surface area contributed by atoms with Crippen LogP contribution in [0.1, 0.15) is 61.3 Å². The van der Waals surface area contributed by atoms with Gasteiger partial charge in [-0.3, -0.25) is 14.4 Å². The number of benzene rings is 1. The van der Waals surface area contributed by atoms with Gasteiger partial charge in [-0.05, 0) is 24.7 Å². The van der Waals surface area contributed by atoms with E-state index in [0.717, 1.165) is 6.42 Å². The number of nitrogens with one attached hydrogen (secondary N) is 2. The lowest BCUT2D eigenvalue weighted by atomic mass is 9.92. The summed E-state index contributed by atoms with van der Waals surface area (Å²) in [7, 11) is 0. The van der Waals surface area contributed by atoms with Crippen molar-refractivity contribution >= 4 is 17.5 Å². The van der Waals surface area contributed by atoms with Gasteiger partial charge in [0, 0.05) is 23.7 Å². The molecule has 140 valence electrons. The van der Waals surface area contributed by atoms with E-state index in [1.807, 2.05) is 13.8 Å². The number of Topliss-reactive ketones (excluding diaryl/α,β-unsaturated/α-hetero) is 1. The van der Waals surface area contributed by atoms with E-state index in [9.17, 15) is 14.4 Å². The molecule has 0 saturated heterocycles. The van der Waals surface area contributed by atoms with Crippen LogP contribution in [0.4, 0.5) is 0 Å². The lowest BCUT2D eigenvalue weighted by molar-refractivity contribution is -0.123. The van der Waals surface area contributed by atoms with Crippen LogP contribution in [0.2, 0.25) is 0 Å². The fraction of sp³-hybridized carbons (Fsp3) is 0.476. The fourth-order valence-corrected chi connectivity index (χ4v) is 2.92. The van der Waals surface area contributed by atoms with Crippen molar-refractivity contribution in [2.75, 3.05) is 6.54 Å². The van der Waals surface area contributed by atoms with Crippen LogP contribution in [0.15, 0.2) is 36.0 Å². The molecule has 0 radical (unpaired) electrons. The van der Waals surface area contributed by atoms with Crippen LogP contribution in [-0.2, 0) is 4.79 Å². The molecule has 5 heteroatoms. The van der Waals surface area contributed by atoms with E-state index in [1.165, 1.54) is 6.08 Å². The van der Waals surface area contributed by atoms with Crippen molar-refractivity contribution in [3.05, 3.63) is 47.2 Å². The maximum Gasteiger partial charge on any atom is 0.242 e. The maximum atomic E-state index is 12.7. The first-order chi connectivity index (χ1) is 12.3. The number of carbonyl (C=O) groups is 3. The number of hydrogen-bond donors (Lipinski definition) is 2. The monoisotopic (exact) mass is 356 g/mol. The van der Waals surface area contributed by atoms with Gasteiger partial charge in [0.2, 0.25) is 11.7 Å².